The van der Waals surface area contributed by atoms with Gasteiger partial charge in [-0.2, -0.15) is 0 Å². The normalized spacial score (nSPS) is 17.5. The smallest absolute Gasteiger partial charge is 0.311 e. The molecule has 4 heteroatoms. The lowest BCUT2D eigenvalue weighted by molar-refractivity contribution is -0.146. The molecule has 16 heavy (non-hydrogen) atoms. The summed E-state index contributed by atoms with van der Waals surface area (Å²) in [5.74, 6) is 0.733. The summed E-state index contributed by atoms with van der Waals surface area (Å²) in [7, 11) is 0. The number of hydrogen-bond acceptors (Lipinski definition) is 4. The second kappa shape index (κ2) is 4.96. The third-order valence-corrected chi connectivity index (χ3v) is 2.55. The molecule has 0 N–H and O–H groups in total. The molecule has 0 amide bonds. The van der Waals surface area contributed by atoms with E-state index >= 15 is 0 Å². The zero-order chi connectivity index (χ0) is 11.4. The van der Waals surface area contributed by atoms with E-state index in [-0.39, 0.29) is 24.8 Å². The highest BCUT2D eigenvalue weighted by molar-refractivity contribution is 5.78. The Morgan fingerprint density at radius 3 is 1.56 bits per heavy atom. The molecule has 0 saturated heterocycles. The first-order valence-corrected chi connectivity index (χ1v) is 5.53. The van der Waals surface area contributed by atoms with Crippen LogP contribution in [-0.2, 0) is 19.1 Å². The van der Waals surface area contributed by atoms with Gasteiger partial charge in [-0.05, 0) is 25.0 Å². The fourth-order valence-corrected chi connectivity index (χ4v) is 1.31. The molecule has 0 heterocycles. The highest BCUT2D eigenvalue weighted by Crippen LogP contribution is 2.21. The monoisotopic (exact) mass is 222 g/mol. The quantitative estimate of drug-likeness (QED) is 0.669. The van der Waals surface area contributed by atoms with Gasteiger partial charge in [-0.25, -0.2) is 0 Å². The zero-order valence-electron chi connectivity index (χ0n) is 9.03. The predicted octanol–water partition coefficient (Wildman–Crippen LogP) is 2.21. The topological polar surface area (TPSA) is 52.6 Å². The lowest BCUT2D eigenvalue weighted by Gasteiger charge is -2.15. The van der Waals surface area contributed by atoms with Gasteiger partial charge in [0, 0.05) is 12.8 Å². The number of allylic oxidation sites excluding steroid dienone is 4. The third-order valence-electron chi connectivity index (χ3n) is 2.55. The van der Waals surface area contributed by atoms with Crippen molar-refractivity contribution in [3.8, 4) is 0 Å². The fourth-order valence-electron chi connectivity index (χ4n) is 1.31. The lowest BCUT2D eigenvalue weighted by Crippen LogP contribution is -2.13. The van der Waals surface area contributed by atoms with Crippen molar-refractivity contribution in [2.75, 3.05) is 0 Å². The van der Waals surface area contributed by atoms with Crippen molar-refractivity contribution in [3.63, 3.8) is 0 Å². The van der Waals surface area contributed by atoms with Gasteiger partial charge in [0.1, 0.15) is 11.5 Å². The van der Waals surface area contributed by atoms with Crippen LogP contribution in [0.15, 0.2) is 23.7 Å². The van der Waals surface area contributed by atoms with Crippen molar-refractivity contribution in [3.05, 3.63) is 23.7 Å². The summed E-state index contributed by atoms with van der Waals surface area (Å²) >= 11 is 0. The second-order valence-corrected chi connectivity index (χ2v) is 3.87. The highest BCUT2D eigenvalue weighted by atomic mass is 16.5. The standard InChI is InChI=1S/C12H14O4/c13-11(15-9-3-1-4-9)7-8-12(14)16-10-5-2-6-10/h3,5H,1-2,4,6-8H2. The van der Waals surface area contributed by atoms with Crippen LogP contribution in [0, 0.1) is 0 Å². The lowest BCUT2D eigenvalue weighted by atomic mass is 10.1. The van der Waals surface area contributed by atoms with Crippen molar-refractivity contribution in [1.29, 1.82) is 0 Å². The molecule has 0 unspecified atom stereocenters. The van der Waals surface area contributed by atoms with Crippen molar-refractivity contribution in [1.82, 2.24) is 0 Å². The number of rotatable bonds is 5. The van der Waals surface area contributed by atoms with Gasteiger partial charge in [0.2, 0.25) is 0 Å². The Balaban J connectivity index is 1.62. The summed E-state index contributed by atoms with van der Waals surface area (Å²) in [4.78, 5) is 22.5. The van der Waals surface area contributed by atoms with E-state index in [1.54, 1.807) is 0 Å². The summed E-state index contributed by atoms with van der Waals surface area (Å²) in [5, 5.41) is 0. The van der Waals surface area contributed by atoms with E-state index in [1.165, 1.54) is 0 Å². The zero-order valence-corrected chi connectivity index (χ0v) is 9.03. The molecule has 0 saturated carbocycles. The van der Waals surface area contributed by atoms with E-state index in [2.05, 4.69) is 0 Å². The number of ether oxygens (including phenoxy) is 2. The summed E-state index contributed by atoms with van der Waals surface area (Å²) < 4.78 is 9.96. The molecular weight excluding hydrogens is 208 g/mol. The SMILES string of the molecule is O=C(CCC(=O)OC1=CCC1)OC1=CCC1. The molecule has 86 valence electrons. The molecule has 4 nitrogen and oxygen atoms in total. The Labute approximate surface area is 93.9 Å². The summed E-state index contributed by atoms with van der Waals surface area (Å²) in [6.45, 7) is 0. The van der Waals surface area contributed by atoms with Gasteiger partial charge in [0.25, 0.3) is 0 Å². The van der Waals surface area contributed by atoms with E-state index in [0.717, 1.165) is 37.2 Å². The van der Waals surface area contributed by atoms with E-state index in [4.69, 9.17) is 9.47 Å². The molecule has 2 aliphatic carbocycles. The number of esters is 2. The number of carbonyl (C=O) groups excluding carboxylic acids is 2. The minimum Gasteiger partial charge on any atom is -0.431 e. The van der Waals surface area contributed by atoms with Crippen LogP contribution in [0.2, 0.25) is 0 Å². The minimum absolute atomic E-state index is 0.0868. The van der Waals surface area contributed by atoms with Gasteiger partial charge in [-0.15, -0.1) is 0 Å². The maximum absolute atomic E-state index is 11.2. The second-order valence-electron chi connectivity index (χ2n) is 3.87. The molecule has 0 spiro atoms. The molecule has 2 aliphatic rings. The molecule has 0 bridgehead atoms. The molecule has 0 aromatic rings. The Morgan fingerprint density at radius 1 is 0.938 bits per heavy atom. The number of hydrogen-bond donors (Lipinski definition) is 0. The summed E-state index contributed by atoms with van der Waals surface area (Å²) in [6, 6.07) is 0. The van der Waals surface area contributed by atoms with E-state index in [0.29, 0.717) is 0 Å². The van der Waals surface area contributed by atoms with Gasteiger partial charge in [-0.1, -0.05) is 0 Å². The van der Waals surface area contributed by atoms with Crippen molar-refractivity contribution in [2.24, 2.45) is 0 Å². The molecule has 0 aromatic carbocycles. The largest absolute Gasteiger partial charge is 0.431 e. The summed E-state index contributed by atoms with van der Waals surface area (Å²) in [6.07, 6.45) is 7.50. The Kier molecular flexibility index (Phi) is 3.39. The van der Waals surface area contributed by atoms with E-state index in [1.807, 2.05) is 12.2 Å². The average molecular weight is 222 g/mol. The molecule has 0 aliphatic heterocycles. The van der Waals surface area contributed by atoms with Gasteiger partial charge in [0.05, 0.1) is 12.8 Å². The van der Waals surface area contributed by atoms with Gasteiger partial charge < -0.3 is 9.47 Å². The summed E-state index contributed by atoms with van der Waals surface area (Å²) in [5.41, 5.74) is 0. The van der Waals surface area contributed by atoms with E-state index < -0.39 is 0 Å². The van der Waals surface area contributed by atoms with Crippen LogP contribution in [0.5, 0.6) is 0 Å². The minimum atomic E-state index is -0.356. The Morgan fingerprint density at radius 2 is 1.31 bits per heavy atom. The first-order valence-electron chi connectivity index (χ1n) is 5.53. The first-order chi connectivity index (χ1) is 7.74. The maximum atomic E-state index is 11.2. The van der Waals surface area contributed by atoms with Crippen LogP contribution in [0.4, 0.5) is 0 Å². The van der Waals surface area contributed by atoms with Gasteiger partial charge >= 0.3 is 11.9 Å². The highest BCUT2D eigenvalue weighted by Gasteiger charge is 2.16. The van der Waals surface area contributed by atoms with Crippen molar-refractivity contribution in [2.45, 2.75) is 38.5 Å². The number of carbonyl (C=O) groups is 2. The van der Waals surface area contributed by atoms with Crippen LogP contribution in [0.25, 0.3) is 0 Å². The van der Waals surface area contributed by atoms with Crippen molar-refractivity contribution < 1.29 is 19.1 Å². The van der Waals surface area contributed by atoms with Crippen LogP contribution < -0.4 is 0 Å². The van der Waals surface area contributed by atoms with Crippen LogP contribution >= 0.6 is 0 Å². The molecule has 0 aromatic heterocycles. The van der Waals surface area contributed by atoms with Crippen LogP contribution in [0.1, 0.15) is 38.5 Å². The Hall–Kier alpha value is -1.58. The van der Waals surface area contributed by atoms with Crippen LogP contribution in [-0.4, -0.2) is 11.9 Å². The first kappa shape index (κ1) is 10.9. The molecule has 0 radical (unpaired) electrons. The molecular formula is C12H14O4. The maximum Gasteiger partial charge on any atom is 0.311 e. The predicted molar refractivity (Wildman–Crippen MR) is 56.1 cm³/mol. The third kappa shape index (κ3) is 2.95. The average Bonchev–Trinajstić information content (AvgIpc) is 2.14. The molecule has 2 rings (SSSR count). The molecule has 0 atom stereocenters. The Bertz CT molecular complexity index is 329. The molecule has 0 fully saturated rings. The van der Waals surface area contributed by atoms with Crippen molar-refractivity contribution >= 4 is 11.9 Å². The van der Waals surface area contributed by atoms with Gasteiger partial charge in [0.15, 0.2) is 0 Å². The van der Waals surface area contributed by atoms with Gasteiger partial charge in [-0.3, -0.25) is 9.59 Å². The van der Waals surface area contributed by atoms with E-state index in [9.17, 15) is 9.59 Å². The van der Waals surface area contributed by atoms with Crippen LogP contribution in [0.3, 0.4) is 0 Å². The fraction of sp³-hybridized carbons (Fsp3) is 0.500.